The van der Waals surface area contributed by atoms with Gasteiger partial charge in [-0.05, 0) is 138 Å². The van der Waals surface area contributed by atoms with Crippen LogP contribution in [0.2, 0.25) is 0 Å². The molecule has 36 nitrogen and oxygen atoms in total. The predicted octanol–water partition coefficient (Wildman–Crippen LogP) is 7.69. The highest BCUT2D eigenvalue weighted by atomic mass is 16.6. The number of hydrogen-bond donors (Lipinski definition) is 7. The molecule has 5 aromatic heterocycles. The number of rotatable bonds is 24. The van der Waals surface area contributed by atoms with Crippen molar-refractivity contribution in [1.82, 2.24) is 70.0 Å². The van der Waals surface area contributed by atoms with Gasteiger partial charge in [-0.2, -0.15) is 10.1 Å². The third-order valence-corrected chi connectivity index (χ3v) is 25.9. The van der Waals surface area contributed by atoms with Crippen LogP contribution in [-0.4, -0.2) is 283 Å². The molecule has 6 aromatic rings. The molecule has 5 fully saturated rings. The SMILES string of the molecule is CO[C@H]1C[C@@H]2CC[C@@H](C)[C@@](O)(O2)C(=O)C(=O)N2CCCC[C@H]2C(=O)O[C@H]([C@H](C)CC2CC[C@@H](OC(=O)NCc3cnc(N4CCN(C(=O)CCOCCN5CCN(c6ncc(C(=O)NCCCCn7nc(-c8ccc9oc(N)nc9c8)c8c(N)ncnc87)cn6)CC5)CC4)nc3)[C@H](OC)C2)C[C@@H](OC)[C@H](C)/C=C(\C)[C@@H](O)[C@@H](O)C(=O)[C@H](C)C[C@H](C)/C=C/C=C/C=C/1C. The van der Waals surface area contributed by atoms with Crippen molar-refractivity contribution >= 4 is 87.2 Å². The van der Waals surface area contributed by atoms with Crippen molar-refractivity contribution in [2.45, 2.75) is 219 Å². The number of carbonyl (C=O) groups excluding carboxylic acids is 7. The molecule has 4 saturated heterocycles. The van der Waals surface area contributed by atoms with Crippen LogP contribution in [0.3, 0.4) is 0 Å². The number of piperazine rings is 2. The van der Waals surface area contributed by atoms with Crippen LogP contribution in [0.25, 0.3) is 33.4 Å². The lowest BCUT2D eigenvalue weighted by molar-refractivity contribution is -0.265. The van der Waals surface area contributed by atoms with Gasteiger partial charge in [0.25, 0.3) is 23.6 Å². The van der Waals surface area contributed by atoms with Gasteiger partial charge in [0, 0.05) is 173 Å². The number of anilines is 4. The molecule has 6 aliphatic rings. The number of piperidine rings is 1. The van der Waals surface area contributed by atoms with Gasteiger partial charge in [0.1, 0.15) is 53.8 Å². The minimum atomic E-state index is -2.47. The number of cyclic esters (lactones) is 1. The standard InChI is InChI=1S/C91H128N18O18/c1-55-18-12-11-13-19-56(2)71(120-8)47-66-24-21-61(7)91(119,127-66)81(114)85(116)108-29-16-14-20-68(108)86(117)124-73(48-72(121-9)57(3)43-60(6)79(112)80(113)78(111)59(5)42-55)58(4)44-62-22-25-70(74(45-62)122-10)126-90(118)99-51-63-49-95-88(96-50-63)107-37-35-105(36-38-107)75(110)27-40-123-41-39-104-31-33-106(34-32-104)89-97-52-65(53-98-89)84(115)94-28-15-17-30-109-83-76(82(92)100-54-101-83)77(103-109)64-23-26-69-67(46-64)102-87(93)125-69/h11-13,18-19,23,26,43,46,49-50,52-55,57-59,61-62,66,68,70-74,79-80,112-113,119H,14-17,20-22,24-25,27-42,44-45,47-48,51H2,1-10H3,(H2,93,102)(H,94,115)(H,99,118)(H2,92,100,101)/b13-11+,18-12+,56-19+,60-43+/t55-,57-,58-,59-,61-,62?,66+,68+,70-,71+,72-,73+,74-,79-,80+,91-/m1/s1. The molecule has 12 rings (SSSR count). The molecule has 1 unspecified atom stereocenters. The first-order chi connectivity index (χ1) is 61.1. The second-order valence-electron chi connectivity index (χ2n) is 35.0. The number of allylic oxidation sites excluding steroid dienone is 5. The van der Waals surface area contributed by atoms with Gasteiger partial charge in [-0.25, -0.2) is 44.2 Å². The molecule has 0 radical (unpaired) electrons. The lowest BCUT2D eigenvalue weighted by Gasteiger charge is -2.43. The number of hydrogen-bond acceptors (Lipinski definition) is 31. The first kappa shape index (κ1) is 95.8. The van der Waals surface area contributed by atoms with Gasteiger partial charge in [0.15, 0.2) is 17.0 Å². The molecular weight excluding hydrogens is 1630 g/mol. The van der Waals surface area contributed by atoms with Crippen LogP contribution in [0, 0.1) is 35.5 Å². The summed E-state index contributed by atoms with van der Waals surface area (Å²) in [4.78, 5) is 138. The molecule has 1 aromatic carbocycles. The highest BCUT2D eigenvalue weighted by molar-refractivity contribution is 6.39. The van der Waals surface area contributed by atoms with E-state index in [4.69, 9.17) is 54.1 Å². The molecule has 2 bridgehead atoms. The van der Waals surface area contributed by atoms with Gasteiger partial charge in [-0.1, -0.05) is 71.1 Å². The molecule has 36 heteroatoms. The van der Waals surface area contributed by atoms with Crippen LogP contribution in [0.5, 0.6) is 0 Å². The molecule has 10 heterocycles. The quantitative estimate of drug-likeness (QED) is 0.0132. The van der Waals surface area contributed by atoms with Crippen LogP contribution in [0.4, 0.5) is 28.5 Å². The Bertz CT molecular complexity index is 4840. The molecule has 1 aliphatic carbocycles. The van der Waals surface area contributed by atoms with Crippen molar-refractivity contribution < 1.29 is 86.5 Å². The minimum Gasteiger partial charge on any atom is -0.460 e. The van der Waals surface area contributed by atoms with E-state index in [-0.39, 0.29) is 74.4 Å². The Kier molecular flexibility index (Phi) is 34.0. The van der Waals surface area contributed by atoms with Gasteiger partial charge in [0.2, 0.25) is 23.6 Å². The summed E-state index contributed by atoms with van der Waals surface area (Å²) in [5.74, 6) is -6.91. The number of aliphatic hydroxyl groups is 3. The fourth-order valence-corrected chi connectivity index (χ4v) is 18.1. The molecule has 9 N–H and O–H groups in total. The van der Waals surface area contributed by atoms with Gasteiger partial charge in [0.05, 0.1) is 55.0 Å². The van der Waals surface area contributed by atoms with E-state index in [2.05, 4.69) is 55.3 Å². The van der Waals surface area contributed by atoms with Gasteiger partial charge in [-0.15, -0.1) is 0 Å². The molecular formula is C91H128N18O18. The van der Waals surface area contributed by atoms with Crippen LogP contribution in [-0.2, 0) is 70.2 Å². The third-order valence-electron chi connectivity index (χ3n) is 25.9. The fraction of sp³-hybridized carbons (Fsp3) is 0.615. The lowest BCUT2D eigenvalue weighted by atomic mass is 9.78. The Morgan fingerprint density at radius 1 is 0.724 bits per heavy atom. The molecule has 0 spiro atoms. The first-order valence-corrected chi connectivity index (χ1v) is 44.8. The average molecular weight is 1760 g/mol. The van der Waals surface area contributed by atoms with E-state index in [9.17, 15) is 48.9 Å². The van der Waals surface area contributed by atoms with Crippen LogP contribution >= 0.6 is 0 Å². The van der Waals surface area contributed by atoms with E-state index >= 15 is 0 Å². The van der Waals surface area contributed by atoms with E-state index in [1.165, 1.54) is 18.3 Å². The number of nitrogens with zero attached hydrogens (tertiary/aromatic N) is 14. The number of alkyl carbamates (subject to hydrolysis) is 1. The topological polar surface area (TPSA) is 458 Å². The molecule has 16 atom stereocenters. The maximum Gasteiger partial charge on any atom is 0.407 e. The number of benzene rings is 1. The number of Topliss-reactive ketones (excluding diaryl/α,β-unsaturated/α-hetero) is 2. The fourth-order valence-electron chi connectivity index (χ4n) is 18.1. The summed E-state index contributed by atoms with van der Waals surface area (Å²) in [5.41, 5.74) is 17.5. The van der Waals surface area contributed by atoms with Crippen molar-refractivity contribution in [3.8, 4) is 11.3 Å². The number of carbonyl (C=O) groups is 7. The van der Waals surface area contributed by atoms with Gasteiger partial charge in [-0.3, -0.25) is 28.9 Å². The number of aromatic nitrogens is 9. The predicted molar refractivity (Wildman–Crippen MR) is 473 cm³/mol. The number of oxazole rings is 1. The average Bonchev–Trinajstić information content (AvgIpc) is 1.75. The second kappa shape index (κ2) is 45.1. The normalized spacial score (nSPS) is 28.6. The highest BCUT2D eigenvalue weighted by Crippen LogP contribution is 2.40. The van der Waals surface area contributed by atoms with Crippen LogP contribution in [0.1, 0.15) is 161 Å². The summed E-state index contributed by atoms with van der Waals surface area (Å²) in [6.45, 7) is 20.4. The molecule has 690 valence electrons. The number of ketones is 2. The molecule has 4 amide bonds. The third kappa shape index (κ3) is 24.8. The summed E-state index contributed by atoms with van der Waals surface area (Å²) in [5, 5.41) is 46.3. The maximum atomic E-state index is 14.9. The summed E-state index contributed by atoms with van der Waals surface area (Å²) in [6, 6.07) is 4.39. The van der Waals surface area contributed by atoms with Crippen molar-refractivity contribution in [3.63, 3.8) is 0 Å². The number of nitrogens with two attached hydrogens (primary N) is 2. The van der Waals surface area contributed by atoms with Crippen molar-refractivity contribution in [3.05, 3.63) is 108 Å². The van der Waals surface area contributed by atoms with E-state index in [1.807, 2.05) is 80.0 Å². The summed E-state index contributed by atoms with van der Waals surface area (Å²) >= 11 is 0. The number of nitrogen functional groups attached to an aromatic ring is 2. The Morgan fingerprint density at radius 3 is 2.17 bits per heavy atom. The van der Waals surface area contributed by atoms with E-state index in [1.54, 1.807) is 76.6 Å². The Hall–Kier alpha value is -10.3. The number of amides is 4. The monoisotopic (exact) mass is 1760 g/mol. The number of fused-ring (bicyclic) bond motifs is 5. The number of nitrogens with one attached hydrogen (secondary N) is 2. The number of unbranched alkanes of at least 4 members (excludes halogenated alkanes) is 1. The molecule has 5 aliphatic heterocycles. The highest BCUT2D eigenvalue weighted by Gasteiger charge is 2.53. The number of methoxy groups -OCH3 is 3. The minimum absolute atomic E-state index is 0.00878. The summed E-state index contributed by atoms with van der Waals surface area (Å²) in [6.07, 6.45) is 18.3. The van der Waals surface area contributed by atoms with Crippen LogP contribution in [0.15, 0.2) is 101 Å². The van der Waals surface area contributed by atoms with Gasteiger partial charge >= 0.3 is 12.1 Å². The zero-order valence-corrected chi connectivity index (χ0v) is 74.8. The molecule has 127 heavy (non-hydrogen) atoms. The largest absolute Gasteiger partial charge is 0.460 e. The smallest absolute Gasteiger partial charge is 0.407 e. The number of aliphatic hydroxyl groups excluding tert-OH is 2. The second-order valence-corrected chi connectivity index (χ2v) is 35.0. The number of ether oxygens (including phenoxy) is 7. The zero-order chi connectivity index (χ0) is 90.6. The Labute approximate surface area is 741 Å². The van der Waals surface area contributed by atoms with Crippen molar-refractivity contribution in [1.29, 1.82) is 0 Å². The Morgan fingerprint density at radius 2 is 1.45 bits per heavy atom. The summed E-state index contributed by atoms with van der Waals surface area (Å²) in [7, 11) is 4.68. The van der Waals surface area contributed by atoms with Gasteiger partial charge < -0.3 is 94.6 Å². The van der Waals surface area contributed by atoms with Crippen LogP contribution < -0.4 is 31.9 Å². The summed E-state index contributed by atoms with van der Waals surface area (Å²) < 4.78 is 50.1. The Balaban J connectivity index is 0.557. The van der Waals surface area contributed by atoms with Crippen molar-refractivity contribution in [2.75, 3.05) is 128 Å². The first-order valence-electron chi connectivity index (χ1n) is 44.8. The van der Waals surface area contributed by atoms with E-state index in [0.29, 0.717) is 205 Å². The molecule has 1 saturated carbocycles. The van der Waals surface area contributed by atoms with E-state index in [0.717, 1.165) is 24.2 Å². The number of esters is 1. The van der Waals surface area contributed by atoms with E-state index < -0.39 is 108 Å². The van der Waals surface area contributed by atoms with Crippen molar-refractivity contribution in [2.24, 2.45) is 35.5 Å². The lowest BCUT2D eigenvalue weighted by Crippen LogP contribution is -2.61. The number of aryl methyl sites for hydroxylation is 1. The maximum absolute atomic E-state index is 14.9. The zero-order valence-electron chi connectivity index (χ0n) is 74.8.